The summed E-state index contributed by atoms with van der Waals surface area (Å²) in [5.74, 6) is 0.178. The standard InChI is InChI=1S/C21H15F3N4O2/c1-28(15-4-2-3-13(11-15)21(22,23)24)14-5-7-16(8-6-14)30-20-26-18-12-25-10-9-17(18)19(29)27-20/h2-12H,1H3,(H,26,27,29). The second-order valence-electron chi connectivity index (χ2n) is 6.43. The Hall–Kier alpha value is -3.88. The number of benzene rings is 2. The number of aromatic nitrogens is 3. The van der Waals surface area contributed by atoms with Crippen LogP contribution >= 0.6 is 0 Å². The van der Waals surface area contributed by atoms with E-state index in [2.05, 4.69) is 15.0 Å². The van der Waals surface area contributed by atoms with E-state index >= 15 is 0 Å². The molecule has 30 heavy (non-hydrogen) atoms. The highest BCUT2D eigenvalue weighted by atomic mass is 19.4. The van der Waals surface area contributed by atoms with Crippen molar-refractivity contribution in [1.82, 2.24) is 15.0 Å². The van der Waals surface area contributed by atoms with E-state index in [1.807, 2.05) is 0 Å². The van der Waals surface area contributed by atoms with Crippen LogP contribution in [-0.4, -0.2) is 27.1 Å². The van der Waals surface area contributed by atoms with Crippen LogP contribution in [0.4, 0.5) is 24.5 Å². The number of nitrogens with zero attached hydrogens (tertiary/aromatic N) is 4. The van der Waals surface area contributed by atoms with Crippen molar-refractivity contribution in [3.63, 3.8) is 0 Å². The van der Waals surface area contributed by atoms with Gasteiger partial charge >= 0.3 is 12.2 Å². The molecule has 2 aromatic carbocycles. The number of hydrogen-bond donors (Lipinski definition) is 1. The SMILES string of the molecule is CN(c1ccc(Oc2nc(O)c3ccncc3n2)cc1)c1cccc(C(F)(F)F)c1. The molecule has 0 atom stereocenters. The lowest BCUT2D eigenvalue weighted by molar-refractivity contribution is -0.137. The van der Waals surface area contributed by atoms with Crippen molar-refractivity contribution in [2.45, 2.75) is 6.18 Å². The average molecular weight is 412 g/mol. The molecular formula is C21H15F3N4O2. The third-order valence-corrected chi connectivity index (χ3v) is 4.45. The Morgan fingerprint density at radius 2 is 1.73 bits per heavy atom. The molecule has 9 heteroatoms. The summed E-state index contributed by atoms with van der Waals surface area (Å²) in [7, 11) is 1.67. The maximum absolute atomic E-state index is 13.0. The van der Waals surface area contributed by atoms with E-state index < -0.39 is 11.7 Å². The van der Waals surface area contributed by atoms with Crippen LogP contribution in [0.25, 0.3) is 10.9 Å². The van der Waals surface area contributed by atoms with Crippen LogP contribution in [0.2, 0.25) is 0 Å². The summed E-state index contributed by atoms with van der Waals surface area (Å²) in [6.45, 7) is 0. The quantitative estimate of drug-likeness (QED) is 0.490. The number of aromatic hydroxyl groups is 1. The number of pyridine rings is 1. The molecule has 0 fully saturated rings. The number of anilines is 2. The Balaban J connectivity index is 1.55. The zero-order chi connectivity index (χ0) is 21.3. The van der Waals surface area contributed by atoms with Crippen molar-refractivity contribution in [3.8, 4) is 17.6 Å². The molecule has 2 heterocycles. The maximum atomic E-state index is 13.0. The molecule has 0 spiro atoms. The molecule has 0 aliphatic carbocycles. The van der Waals surface area contributed by atoms with Gasteiger partial charge in [-0.2, -0.15) is 23.1 Å². The van der Waals surface area contributed by atoms with E-state index in [4.69, 9.17) is 4.74 Å². The van der Waals surface area contributed by atoms with Gasteiger partial charge in [-0.3, -0.25) is 4.98 Å². The van der Waals surface area contributed by atoms with Gasteiger partial charge in [0.1, 0.15) is 5.75 Å². The van der Waals surface area contributed by atoms with Gasteiger partial charge < -0.3 is 14.7 Å². The molecule has 4 aromatic rings. The molecule has 4 rings (SSSR count). The van der Waals surface area contributed by atoms with Crippen molar-refractivity contribution < 1.29 is 23.0 Å². The second-order valence-corrected chi connectivity index (χ2v) is 6.43. The van der Waals surface area contributed by atoms with E-state index in [0.717, 1.165) is 12.1 Å². The van der Waals surface area contributed by atoms with Gasteiger partial charge in [0.2, 0.25) is 5.88 Å². The fraction of sp³-hybridized carbons (Fsp3) is 0.0952. The number of halogens is 3. The monoisotopic (exact) mass is 412 g/mol. The minimum atomic E-state index is -4.41. The summed E-state index contributed by atoms with van der Waals surface area (Å²) in [6, 6.07) is 13.3. The first-order chi connectivity index (χ1) is 14.3. The Bertz CT molecular complexity index is 1200. The Labute approximate surface area is 169 Å². The van der Waals surface area contributed by atoms with Crippen LogP contribution in [0, 0.1) is 0 Å². The van der Waals surface area contributed by atoms with Gasteiger partial charge in [0.15, 0.2) is 0 Å². The summed E-state index contributed by atoms with van der Waals surface area (Å²) in [4.78, 5) is 13.7. The molecule has 0 aliphatic heterocycles. The van der Waals surface area contributed by atoms with Crippen LogP contribution in [0.3, 0.4) is 0 Å². The molecule has 0 unspecified atom stereocenters. The minimum Gasteiger partial charge on any atom is -0.493 e. The van der Waals surface area contributed by atoms with E-state index in [0.29, 0.717) is 28.0 Å². The van der Waals surface area contributed by atoms with Gasteiger partial charge in [-0.25, -0.2) is 0 Å². The molecule has 0 aliphatic rings. The van der Waals surface area contributed by atoms with Gasteiger partial charge in [0.25, 0.3) is 0 Å². The zero-order valence-corrected chi connectivity index (χ0v) is 15.6. The van der Waals surface area contributed by atoms with Crippen molar-refractivity contribution >= 4 is 22.3 Å². The summed E-state index contributed by atoms with van der Waals surface area (Å²) >= 11 is 0. The largest absolute Gasteiger partial charge is 0.493 e. The molecule has 0 amide bonds. The number of fused-ring (bicyclic) bond motifs is 1. The number of alkyl halides is 3. The van der Waals surface area contributed by atoms with Gasteiger partial charge in [-0.1, -0.05) is 6.07 Å². The first-order valence-corrected chi connectivity index (χ1v) is 8.81. The number of hydrogen-bond acceptors (Lipinski definition) is 6. The van der Waals surface area contributed by atoms with Crippen LogP contribution < -0.4 is 9.64 Å². The molecular weight excluding hydrogens is 397 g/mol. The van der Waals surface area contributed by atoms with Gasteiger partial charge in [0.05, 0.1) is 22.7 Å². The lowest BCUT2D eigenvalue weighted by Crippen LogP contribution is -2.11. The van der Waals surface area contributed by atoms with Gasteiger partial charge in [0, 0.05) is 24.6 Å². The summed E-state index contributed by atoms with van der Waals surface area (Å²) < 4.78 is 44.4. The van der Waals surface area contributed by atoms with Crippen molar-refractivity contribution in [2.75, 3.05) is 11.9 Å². The van der Waals surface area contributed by atoms with E-state index in [-0.39, 0.29) is 11.9 Å². The fourth-order valence-electron chi connectivity index (χ4n) is 2.87. The third kappa shape index (κ3) is 3.95. The first-order valence-electron chi connectivity index (χ1n) is 8.81. The topological polar surface area (TPSA) is 71.4 Å². The highest BCUT2D eigenvalue weighted by Crippen LogP contribution is 2.34. The smallest absolute Gasteiger partial charge is 0.416 e. The number of ether oxygens (including phenoxy) is 1. The average Bonchev–Trinajstić information content (AvgIpc) is 2.73. The lowest BCUT2D eigenvalue weighted by atomic mass is 10.1. The van der Waals surface area contributed by atoms with Crippen LogP contribution in [-0.2, 0) is 6.18 Å². The van der Waals surface area contributed by atoms with Crippen LogP contribution in [0.5, 0.6) is 17.6 Å². The molecule has 0 saturated heterocycles. The molecule has 1 N–H and O–H groups in total. The van der Waals surface area contributed by atoms with Gasteiger partial charge in [-0.15, -0.1) is 0 Å². The Morgan fingerprint density at radius 3 is 2.47 bits per heavy atom. The molecule has 152 valence electrons. The Morgan fingerprint density at radius 1 is 0.967 bits per heavy atom. The normalized spacial score (nSPS) is 11.5. The van der Waals surface area contributed by atoms with Crippen LogP contribution in [0.15, 0.2) is 67.0 Å². The second kappa shape index (κ2) is 7.51. The minimum absolute atomic E-state index is 0.0491. The van der Waals surface area contributed by atoms with Gasteiger partial charge in [-0.05, 0) is 48.5 Å². The summed E-state index contributed by atoms with van der Waals surface area (Å²) in [5.41, 5.74) is 0.775. The highest BCUT2D eigenvalue weighted by Gasteiger charge is 2.30. The maximum Gasteiger partial charge on any atom is 0.416 e. The van der Waals surface area contributed by atoms with Crippen molar-refractivity contribution in [3.05, 3.63) is 72.6 Å². The predicted molar refractivity (Wildman–Crippen MR) is 105 cm³/mol. The van der Waals surface area contributed by atoms with E-state index in [1.165, 1.54) is 18.5 Å². The lowest BCUT2D eigenvalue weighted by Gasteiger charge is -2.21. The zero-order valence-electron chi connectivity index (χ0n) is 15.6. The fourth-order valence-corrected chi connectivity index (χ4v) is 2.87. The van der Waals surface area contributed by atoms with Crippen molar-refractivity contribution in [1.29, 1.82) is 0 Å². The van der Waals surface area contributed by atoms with E-state index in [9.17, 15) is 18.3 Å². The molecule has 2 aromatic heterocycles. The van der Waals surface area contributed by atoms with Crippen LogP contribution in [0.1, 0.15) is 5.56 Å². The summed E-state index contributed by atoms with van der Waals surface area (Å²) in [5, 5.41) is 10.5. The summed E-state index contributed by atoms with van der Waals surface area (Å²) in [6.07, 6.45) is -1.40. The Kier molecular flexibility index (Phi) is 4.86. The van der Waals surface area contributed by atoms with E-state index in [1.54, 1.807) is 48.3 Å². The molecule has 0 radical (unpaired) electrons. The molecule has 6 nitrogen and oxygen atoms in total. The number of rotatable bonds is 4. The van der Waals surface area contributed by atoms with Crippen molar-refractivity contribution in [2.24, 2.45) is 0 Å². The first kappa shape index (κ1) is 19.4. The molecule has 0 saturated carbocycles. The predicted octanol–water partition coefficient (Wildman–Crippen LogP) is 5.31. The third-order valence-electron chi connectivity index (χ3n) is 4.45. The molecule has 0 bridgehead atoms. The highest BCUT2D eigenvalue weighted by molar-refractivity contribution is 5.82.